The fraction of sp³-hybridized carbons (Fsp3) is 0.600. The standard InChI is InChI=1S/C15H25O2P.Li.H/c1-2-3-9-14(12-7-8-13-18(16)17)15-10-5-4-6-11-15;;/h4-6,10-11,14,18H,2-3,7-9,12-13H2,1H3,(H,16,17);;. The second-order valence-electron chi connectivity index (χ2n) is 4.89. The Bertz CT molecular complexity index is 343. The van der Waals surface area contributed by atoms with E-state index in [4.69, 9.17) is 4.89 Å². The summed E-state index contributed by atoms with van der Waals surface area (Å²) in [5, 5.41) is 0. The van der Waals surface area contributed by atoms with Crippen molar-refractivity contribution in [3.63, 3.8) is 0 Å². The third-order valence-corrected chi connectivity index (χ3v) is 4.15. The van der Waals surface area contributed by atoms with Gasteiger partial charge < -0.3 is 4.89 Å². The Morgan fingerprint density at radius 1 is 1.11 bits per heavy atom. The minimum absolute atomic E-state index is 0. The molecule has 2 nitrogen and oxygen atoms in total. The molecule has 0 aromatic heterocycles. The van der Waals surface area contributed by atoms with Gasteiger partial charge in [-0.25, -0.2) is 0 Å². The molecule has 0 heterocycles. The van der Waals surface area contributed by atoms with Gasteiger partial charge in [-0.3, -0.25) is 4.57 Å². The number of rotatable bonds is 9. The van der Waals surface area contributed by atoms with E-state index >= 15 is 0 Å². The van der Waals surface area contributed by atoms with Crippen molar-refractivity contribution in [1.29, 1.82) is 0 Å². The van der Waals surface area contributed by atoms with Gasteiger partial charge in [-0.2, -0.15) is 0 Å². The van der Waals surface area contributed by atoms with Crippen LogP contribution >= 0.6 is 8.03 Å². The van der Waals surface area contributed by atoms with Crippen molar-refractivity contribution in [1.82, 2.24) is 0 Å². The summed E-state index contributed by atoms with van der Waals surface area (Å²) in [5.74, 6) is 0.618. The molecular weight excluding hydrogens is 250 g/mol. The monoisotopic (exact) mass is 276 g/mol. The average molecular weight is 276 g/mol. The molecule has 0 aliphatic heterocycles. The summed E-state index contributed by atoms with van der Waals surface area (Å²) in [6, 6.07) is 10.7. The van der Waals surface area contributed by atoms with Crippen LogP contribution in [0.5, 0.6) is 0 Å². The summed E-state index contributed by atoms with van der Waals surface area (Å²) in [4.78, 5) is 8.82. The van der Waals surface area contributed by atoms with Crippen molar-refractivity contribution in [2.45, 2.75) is 51.4 Å². The molecular formula is C15H26LiO2P. The van der Waals surface area contributed by atoms with Crippen LogP contribution in [-0.4, -0.2) is 29.9 Å². The molecule has 0 spiro atoms. The fourth-order valence-electron chi connectivity index (χ4n) is 2.32. The average Bonchev–Trinajstić information content (AvgIpc) is 2.38. The first-order valence-electron chi connectivity index (χ1n) is 7.00. The van der Waals surface area contributed by atoms with Crippen molar-refractivity contribution >= 4 is 26.9 Å². The normalized spacial score (nSPS) is 13.6. The van der Waals surface area contributed by atoms with Crippen molar-refractivity contribution in [3.8, 4) is 0 Å². The molecule has 0 saturated heterocycles. The molecule has 1 N–H and O–H groups in total. The van der Waals surface area contributed by atoms with E-state index < -0.39 is 8.03 Å². The third kappa shape index (κ3) is 8.72. The molecule has 0 bridgehead atoms. The number of hydrogen-bond donors (Lipinski definition) is 1. The molecule has 4 heteroatoms. The maximum atomic E-state index is 10.7. The predicted octanol–water partition coefficient (Wildman–Crippen LogP) is 3.95. The fourth-order valence-corrected chi connectivity index (χ4v) is 2.87. The van der Waals surface area contributed by atoms with Gasteiger partial charge in [0.1, 0.15) is 0 Å². The molecule has 104 valence electrons. The Hall–Kier alpha value is 0.00740. The Labute approximate surface area is 130 Å². The van der Waals surface area contributed by atoms with Gasteiger partial charge in [-0.15, -0.1) is 0 Å². The molecule has 0 amide bonds. The summed E-state index contributed by atoms with van der Waals surface area (Å²) < 4.78 is 10.7. The summed E-state index contributed by atoms with van der Waals surface area (Å²) in [6.45, 7) is 2.22. The van der Waals surface area contributed by atoms with Gasteiger partial charge in [-0.05, 0) is 30.7 Å². The number of benzene rings is 1. The van der Waals surface area contributed by atoms with Crippen LogP contribution in [0.4, 0.5) is 0 Å². The van der Waals surface area contributed by atoms with Crippen LogP contribution in [0.2, 0.25) is 0 Å². The van der Waals surface area contributed by atoms with Gasteiger partial charge in [-0.1, -0.05) is 56.5 Å². The van der Waals surface area contributed by atoms with Gasteiger partial charge in [0.2, 0.25) is 0 Å². The van der Waals surface area contributed by atoms with E-state index in [2.05, 4.69) is 37.3 Å². The van der Waals surface area contributed by atoms with Crippen LogP contribution in [0.25, 0.3) is 0 Å². The second kappa shape index (κ2) is 11.8. The molecule has 2 atom stereocenters. The molecule has 0 saturated carbocycles. The maximum absolute atomic E-state index is 10.7. The zero-order chi connectivity index (χ0) is 13.2. The van der Waals surface area contributed by atoms with Crippen LogP contribution in [0.3, 0.4) is 0 Å². The van der Waals surface area contributed by atoms with Gasteiger partial charge in [0, 0.05) is 6.16 Å². The Kier molecular flexibility index (Phi) is 11.8. The van der Waals surface area contributed by atoms with Crippen LogP contribution < -0.4 is 0 Å². The first kappa shape index (κ1) is 19.0. The van der Waals surface area contributed by atoms with Crippen LogP contribution in [0, 0.1) is 0 Å². The van der Waals surface area contributed by atoms with Crippen molar-refractivity contribution < 1.29 is 9.46 Å². The van der Waals surface area contributed by atoms with E-state index in [-0.39, 0.29) is 18.9 Å². The molecule has 2 unspecified atom stereocenters. The molecule has 0 aliphatic rings. The minimum atomic E-state index is -2.26. The molecule has 19 heavy (non-hydrogen) atoms. The SMILES string of the molecule is CCCCC(CCCC[PH](=O)O)c1ccccc1.[LiH]. The number of unbranched alkanes of at least 4 members (excludes halogenated alkanes) is 2. The van der Waals surface area contributed by atoms with Crippen molar-refractivity contribution in [2.24, 2.45) is 0 Å². The van der Waals surface area contributed by atoms with Crippen molar-refractivity contribution in [3.05, 3.63) is 35.9 Å². The van der Waals surface area contributed by atoms with Gasteiger partial charge in [0.15, 0.2) is 8.03 Å². The van der Waals surface area contributed by atoms with Crippen LogP contribution in [0.15, 0.2) is 30.3 Å². The topological polar surface area (TPSA) is 37.3 Å². The molecule has 0 fully saturated rings. The molecule has 1 rings (SSSR count). The Morgan fingerprint density at radius 2 is 1.74 bits per heavy atom. The predicted molar refractivity (Wildman–Crippen MR) is 85.8 cm³/mol. The molecule has 0 radical (unpaired) electrons. The first-order valence-corrected chi connectivity index (χ1v) is 8.57. The second-order valence-corrected chi connectivity index (χ2v) is 6.18. The van der Waals surface area contributed by atoms with E-state index in [1.807, 2.05) is 0 Å². The van der Waals surface area contributed by atoms with E-state index in [1.54, 1.807) is 0 Å². The van der Waals surface area contributed by atoms with Gasteiger partial charge in [0.25, 0.3) is 0 Å². The van der Waals surface area contributed by atoms with Crippen molar-refractivity contribution in [2.75, 3.05) is 6.16 Å². The van der Waals surface area contributed by atoms with E-state index in [0.717, 1.165) is 19.3 Å². The summed E-state index contributed by atoms with van der Waals surface area (Å²) in [5.41, 5.74) is 1.42. The summed E-state index contributed by atoms with van der Waals surface area (Å²) in [6.07, 6.45) is 7.28. The zero-order valence-electron chi connectivity index (χ0n) is 11.3. The molecule has 1 aromatic carbocycles. The molecule has 1 aromatic rings. The number of hydrogen-bond acceptors (Lipinski definition) is 1. The molecule has 0 aliphatic carbocycles. The summed E-state index contributed by atoms with van der Waals surface area (Å²) >= 11 is 0. The quantitative estimate of drug-likeness (QED) is 0.421. The summed E-state index contributed by atoms with van der Waals surface area (Å²) in [7, 11) is -2.26. The van der Waals surface area contributed by atoms with E-state index in [0.29, 0.717) is 12.1 Å². The van der Waals surface area contributed by atoms with Crippen LogP contribution in [-0.2, 0) is 4.57 Å². The van der Waals surface area contributed by atoms with Gasteiger partial charge in [0.05, 0.1) is 0 Å². The zero-order valence-corrected chi connectivity index (χ0v) is 12.3. The Balaban J connectivity index is 0.00000324. The third-order valence-electron chi connectivity index (χ3n) is 3.37. The Morgan fingerprint density at radius 3 is 2.32 bits per heavy atom. The van der Waals surface area contributed by atoms with E-state index in [9.17, 15) is 4.57 Å². The van der Waals surface area contributed by atoms with Gasteiger partial charge >= 0.3 is 18.9 Å². The first-order chi connectivity index (χ1) is 8.74. The van der Waals surface area contributed by atoms with Crippen LogP contribution in [0.1, 0.15) is 56.9 Å². The van der Waals surface area contributed by atoms with E-state index in [1.165, 1.54) is 24.8 Å².